The maximum absolute atomic E-state index is 12.7. The largest absolute Gasteiger partial charge is 0.507 e. The molecule has 0 saturated carbocycles. The van der Waals surface area contributed by atoms with E-state index in [9.17, 15) is 19.5 Å². The van der Waals surface area contributed by atoms with E-state index in [-0.39, 0.29) is 17.6 Å². The minimum absolute atomic E-state index is 0.158. The molecular formula is C31H27NO5. The molecule has 0 bridgehead atoms. The zero-order valence-corrected chi connectivity index (χ0v) is 20.8. The van der Waals surface area contributed by atoms with Crippen LogP contribution in [0.4, 0.5) is 0 Å². The number of ether oxygens (including phenoxy) is 1. The van der Waals surface area contributed by atoms with Crippen molar-refractivity contribution in [3.05, 3.63) is 112 Å². The van der Waals surface area contributed by atoms with Crippen LogP contribution < -0.4 is 0 Å². The zero-order valence-electron chi connectivity index (χ0n) is 20.8. The van der Waals surface area contributed by atoms with Crippen molar-refractivity contribution in [2.75, 3.05) is 0 Å². The van der Waals surface area contributed by atoms with Gasteiger partial charge in [-0.2, -0.15) is 0 Å². The number of amides is 2. The molecule has 0 unspecified atom stereocenters. The summed E-state index contributed by atoms with van der Waals surface area (Å²) >= 11 is 0. The van der Waals surface area contributed by atoms with Gasteiger partial charge in [-0.05, 0) is 86.0 Å². The minimum atomic E-state index is -0.607. The molecule has 186 valence electrons. The number of phenolic OH excluding ortho intramolecular Hbond substituents is 1. The summed E-state index contributed by atoms with van der Waals surface area (Å²) in [5.74, 6) is -1.06. The highest BCUT2D eigenvalue weighted by atomic mass is 16.6. The van der Waals surface area contributed by atoms with E-state index >= 15 is 0 Å². The van der Waals surface area contributed by atoms with Crippen molar-refractivity contribution in [1.82, 2.24) is 4.90 Å². The number of phenols is 1. The van der Waals surface area contributed by atoms with Crippen LogP contribution in [0.2, 0.25) is 0 Å². The molecule has 1 N–H and O–H groups in total. The lowest BCUT2D eigenvalue weighted by Crippen LogP contribution is -2.23. The average molecular weight is 494 g/mol. The van der Waals surface area contributed by atoms with Gasteiger partial charge in [-0.25, -0.2) is 9.69 Å². The molecule has 6 nitrogen and oxygen atoms in total. The van der Waals surface area contributed by atoms with Crippen molar-refractivity contribution < 1.29 is 24.2 Å². The van der Waals surface area contributed by atoms with Crippen molar-refractivity contribution >= 4 is 42.1 Å². The summed E-state index contributed by atoms with van der Waals surface area (Å²) < 4.78 is 5.34. The van der Waals surface area contributed by atoms with Crippen molar-refractivity contribution in [2.24, 2.45) is 0 Å². The van der Waals surface area contributed by atoms with E-state index in [0.29, 0.717) is 27.8 Å². The topological polar surface area (TPSA) is 83.9 Å². The zero-order chi connectivity index (χ0) is 26.6. The number of rotatable bonds is 6. The summed E-state index contributed by atoms with van der Waals surface area (Å²) in [5, 5.41) is 10.1. The standard InChI is InChI=1S/C31H27NO5/c1-31(2,3)37-28(34)15-13-22-18-21(12-14-24-8-4-7-11-27(24)33)19-23(20-22)16-17-32-29(35)25-9-5-6-10-26(25)30(32)36/h4-20,33H,1-3H3/b14-12+,15-13+,17-16+. The second-order valence-corrected chi connectivity index (χ2v) is 9.53. The molecule has 0 atom stereocenters. The second kappa shape index (κ2) is 10.5. The molecule has 2 amide bonds. The number of para-hydroxylation sites is 1. The van der Waals surface area contributed by atoms with Crippen LogP contribution in [0.5, 0.6) is 5.75 Å². The van der Waals surface area contributed by atoms with Crippen LogP contribution in [0.25, 0.3) is 24.3 Å². The Labute approximate surface area is 215 Å². The molecule has 0 radical (unpaired) electrons. The Morgan fingerprint density at radius 3 is 1.92 bits per heavy atom. The summed E-state index contributed by atoms with van der Waals surface area (Å²) in [5.41, 5.74) is 3.00. The van der Waals surface area contributed by atoms with Crippen molar-refractivity contribution in [1.29, 1.82) is 0 Å². The van der Waals surface area contributed by atoms with E-state index in [1.165, 1.54) is 12.3 Å². The third kappa shape index (κ3) is 6.30. The van der Waals surface area contributed by atoms with Crippen molar-refractivity contribution in [3.8, 4) is 5.75 Å². The third-order valence-electron chi connectivity index (χ3n) is 5.45. The van der Waals surface area contributed by atoms with Gasteiger partial charge in [0.1, 0.15) is 11.4 Å². The molecule has 0 saturated heterocycles. The van der Waals surface area contributed by atoms with Crippen molar-refractivity contribution in [2.45, 2.75) is 26.4 Å². The molecule has 37 heavy (non-hydrogen) atoms. The first-order chi connectivity index (χ1) is 17.6. The number of aromatic hydroxyl groups is 1. The first-order valence-corrected chi connectivity index (χ1v) is 11.8. The Balaban J connectivity index is 1.65. The van der Waals surface area contributed by atoms with Crippen LogP contribution in [0.15, 0.2) is 79.0 Å². The van der Waals surface area contributed by atoms with Gasteiger partial charge in [-0.1, -0.05) is 42.5 Å². The van der Waals surface area contributed by atoms with E-state index < -0.39 is 11.6 Å². The smallest absolute Gasteiger partial charge is 0.331 e. The van der Waals surface area contributed by atoms with E-state index in [4.69, 9.17) is 4.74 Å². The van der Waals surface area contributed by atoms with E-state index in [2.05, 4.69) is 0 Å². The highest BCUT2D eigenvalue weighted by molar-refractivity contribution is 6.22. The molecular weight excluding hydrogens is 466 g/mol. The number of benzene rings is 3. The number of esters is 1. The maximum atomic E-state index is 12.7. The fourth-order valence-corrected chi connectivity index (χ4v) is 3.81. The average Bonchev–Trinajstić information content (AvgIpc) is 3.09. The van der Waals surface area contributed by atoms with Crippen LogP contribution in [0, 0.1) is 0 Å². The summed E-state index contributed by atoms with van der Waals surface area (Å²) in [7, 11) is 0. The van der Waals surface area contributed by atoms with Gasteiger partial charge in [0.05, 0.1) is 11.1 Å². The van der Waals surface area contributed by atoms with Gasteiger partial charge in [0, 0.05) is 17.8 Å². The van der Waals surface area contributed by atoms with Crippen LogP contribution in [-0.2, 0) is 9.53 Å². The van der Waals surface area contributed by atoms with Gasteiger partial charge in [0.25, 0.3) is 11.8 Å². The SMILES string of the molecule is CC(C)(C)OC(=O)/C=C/c1cc(/C=C/c2ccccc2O)cc(/C=C/N2C(=O)c3ccccc3C2=O)c1. The van der Waals surface area contributed by atoms with Crippen LogP contribution in [0.1, 0.15) is 63.7 Å². The lowest BCUT2D eigenvalue weighted by atomic mass is 10.0. The fourth-order valence-electron chi connectivity index (χ4n) is 3.81. The molecule has 0 spiro atoms. The Bertz CT molecular complexity index is 1420. The number of carbonyl (C=O) groups excluding carboxylic acids is 3. The van der Waals surface area contributed by atoms with Crippen molar-refractivity contribution in [3.63, 3.8) is 0 Å². The Hall–Kier alpha value is -4.71. The summed E-state index contributed by atoms with van der Waals surface area (Å²) in [6, 6.07) is 19.3. The lowest BCUT2D eigenvalue weighted by Gasteiger charge is -2.17. The van der Waals surface area contributed by atoms with Gasteiger partial charge in [-0.3, -0.25) is 9.59 Å². The minimum Gasteiger partial charge on any atom is -0.507 e. The molecule has 0 aliphatic carbocycles. The predicted molar refractivity (Wildman–Crippen MR) is 144 cm³/mol. The van der Waals surface area contributed by atoms with Crippen LogP contribution in [0.3, 0.4) is 0 Å². The normalized spacial score (nSPS) is 13.8. The molecule has 1 aliphatic rings. The quantitative estimate of drug-likeness (QED) is 0.192. The second-order valence-electron chi connectivity index (χ2n) is 9.53. The number of nitrogens with zero attached hydrogens (tertiary/aromatic N) is 1. The van der Waals surface area contributed by atoms with Gasteiger partial charge >= 0.3 is 5.97 Å². The molecule has 0 aromatic heterocycles. The van der Waals surface area contributed by atoms with Gasteiger partial charge in [0.2, 0.25) is 0 Å². The molecule has 0 fully saturated rings. The molecule has 1 heterocycles. The Morgan fingerprint density at radius 2 is 1.32 bits per heavy atom. The highest BCUT2D eigenvalue weighted by Gasteiger charge is 2.33. The molecule has 6 heteroatoms. The van der Waals surface area contributed by atoms with E-state index in [1.54, 1.807) is 81.5 Å². The Morgan fingerprint density at radius 1 is 0.784 bits per heavy atom. The first kappa shape index (κ1) is 25.4. The molecule has 3 aromatic carbocycles. The number of carbonyl (C=O) groups is 3. The van der Waals surface area contributed by atoms with Crippen LogP contribution in [-0.4, -0.2) is 33.4 Å². The van der Waals surface area contributed by atoms with E-state index in [1.807, 2.05) is 30.3 Å². The summed E-state index contributed by atoms with van der Waals surface area (Å²) in [6.07, 6.45) is 9.74. The summed E-state index contributed by atoms with van der Waals surface area (Å²) in [6.45, 7) is 5.39. The molecule has 3 aromatic rings. The van der Waals surface area contributed by atoms with E-state index in [0.717, 1.165) is 10.5 Å². The van der Waals surface area contributed by atoms with Gasteiger partial charge in [0.15, 0.2) is 0 Å². The first-order valence-electron chi connectivity index (χ1n) is 11.8. The monoisotopic (exact) mass is 493 g/mol. The maximum Gasteiger partial charge on any atom is 0.331 e. The lowest BCUT2D eigenvalue weighted by molar-refractivity contribution is -0.148. The molecule has 1 aliphatic heterocycles. The number of hydrogen-bond donors (Lipinski definition) is 1. The van der Waals surface area contributed by atoms with Gasteiger partial charge < -0.3 is 9.84 Å². The predicted octanol–water partition coefficient (Wildman–Crippen LogP) is 6.18. The number of imide groups is 1. The highest BCUT2D eigenvalue weighted by Crippen LogP contribution is 2.24. The van der Waals surface area contributed by atoms with Crippen LogP contribution >= 0.6 is 0 Å². The van der Waals surface area contributed by atoms with Gasteiger partial charge in [-0.15, -0.1) is 0 Å². The fraction of sp³-hybridized carbons (Fsp3) is 0.129. The molecule has 4 rings (SSSR count). The third-order valence-corrected chi connectivity index (χ3v) is 5.45. The summed E-state index contributed by atoms with van der Waals surface area (Å²) in [4.78, 5) is 38.7. The number of hydrogen-bond acceptors (Lipinski definition) is 5. The Kier molecular flexibility index (Phi) is 7.20. The number of fused-ring (bicyclic) bond motifs is 1.